The molecule has 5 heteroatoms. The Morgan fingerprint density at radius 2 is 2.11 bits per heavy atom. The maximum Gasteiger partial charge on any atom is 0.250 e. The molecule has 0 aliphatic rings. The van der Waals surface area contributed by atoms with E-state index in [1.165, 1.54) is 6.07 Å². The molecule has 0 aliphatic heterocycles. The molecule has 0 radical (unpaired) electrons. The Morgan fingerprint density at radius 3 is 2.83 bits per heavy atom. The molecule has 0 unspecified atom stereocenters. The van der Waals surface area contributed by atoms with Crippen molar-refractivity contribution in [2.24, 2.45) is 0 Å². The van der Waals surface area contributed by atoms with Crippen molar-refractivity contribution in [3.05, 3.63) is 56.9 Å². The molecule has 0 aliphatic carbocycles. The van der Waals surface area contributed by atoms with E-state index in [1.807, 2.05) is 18.2 Å². The van der Waals surface area contributed by atoms with Crippen LogP contribution in [0, 0.1) is 0 Å². The fraction of sp³-hybridized carbons (Fsp3) is 0.154. The highest BCUT2D eigenvalue weighted by atomic mass is 79.9. The van der Waals surface area contributed by atoms with Gasteiger partial charge in [0, 0.05) is 28.0 Å². The molecule has 0 spiro atoms. The highest BCUT2D eigenvalue weighted by Gasteiger charge is 2.06. The van der Waals surface area contributed by atoms with E-state index in [0.717, 1.165) is 15.8 Å². The van der Waals surface area contributed by atoms with Gasteiger partial charge in [-0.05, 0) is 24.3 Å². The molecule has 2 aromatic rings. The lowest BCUT2D eigenvalue weighted by atomic mass is 10.2. The maximum absolute atomic E-state index is 11.7. The van der Waals surface area contributed by atoms with Crippen LogP contribution < -0.4 is 16.0 Å². The first kappa shape index (κ1) is 12.7. The molecule has 0 atom stereocenters. The third-order valence-corrected chi connectivity index (χ3v) is 3.08. The monoisotopic (exact) mass is 308 g/mol. The number of methoxy groups -OCH3 is 1. The number of aromatic nitrogens is 1. The summed E-state index contributed by atoms with van der Waals surface area (Å²) in [7, 11) is 1.61. The molecule has 1 aromatic heterocycles. The molecule has 0 amide bonds. The maximum atomic E-state index is 11.7. The second-order valence-corrected chi connectivity index (χ2v) is 4.80. The predicted molar refractivity (Wildman–Crippen MR) is 74.9 cm³/mol. The van der Waals surface area contributed by atoms with E-state index in [-0.39, 0.29) is 5.56 Å². The Hall–Kier alpha value is -1.75. The molecule has 18 heavy (non-hydrogen) atoms. The van der Waals surface area contributed by atoms with Gasteiger partial charge in [-0.2, -0.15) is 0 Å². The molecule has 0 saturated carbocycles. The summed E-state index contributed by atoms with van der Waals surface area (Å²) in [5, 5.41) is 0. The second-order valence-electron chi connectivity index (χ2n) is 3.88. The third-order valence-electron chi connectivity index (χ3n) is 2.59. The van der Waals surface area contributed by atoms with Crippen molar-refractivity contribution in [2.75, 3.05) is 12.8 Å². The Balaban J connectivity index is 2.42. The Labute approximate surface area is 113 Å². The van der Waals surface area contributed by atoms with Gasteiger partial charge >= 0.3 is 0 Å². The molecular formula is C13H13BrN2O2. The lowest BCUT2D eigenvalue weighted by Gasteiger charge is -2.11. The number of ether oxygens (including phenoxy) is 1. The molecule has 0 saturated heterocycles. The number of hydrogen-bond acceptors (Lipinski definition) is 3. The summed E-state index contributed by atoms with van der Waals surface area (Å²) < 4.78 is 7.77. The van der Waals surface area contributed by atoms with E-state index in [9.17, 15) is 4.79 Å². The van der Waals surface area contributed by atoms with Gasteiger partial charge in [0.2, 0.25) is 0 Å². The number of pyridine rings is 1. The SMILES string of the molecule is COc1ccc(Br)cc1Cn1cc(N)ccc1=O. The highest BCUT2D eigenvalue weighted by Crippen LogP contribution is 2.23. The van der Waals surface area contributed by atoms with Gasteiger partial charge < -0.3 is 15.0 Å². The first-order valence-corrected chi connectivity index (χ1v) is 6.18. The van der Waals surface area contributed by atoms with E-state index in [0.29, 0.717) is 12.2 Å². The fourth-order valence-electron chi connectivity index (χ4n) is 1.73. The van der Waals surface area contributed by atoms with Crippen LogP contribution in [0.2, 0.25) is 0 Å². The summed E-state index contributed by atoms with van der Waals surface area (Å²) in [6, 6.07) is 8.73. The average Bonchev–Trinajstić information content (AvgIpc) is 2.34. The summed E-state index contributed by atoms with van der Waals surface area (Å²) in [5.74, 6) is 0.743. The highest BCUT2D eigenvalue weighted by molar-refractivity contribution is 9.10. The topological polar surface area (TPSA) is 57.2 Å². The largest absolute Gasteiger partial charge is 0.496 e. The van der Waals surface area contributed by atoms with Crippen LogP contribution in [-0.4, -0.2) is 11.7 Å². The van der Waals surface area contributed by atoms with Crippen LogP contribution in [0.1, 0.15) is 5.56 Å². The molecule has 1 heterocycles. The van der Waals surface area contributed by atoms with Gasteiger partial charge in [-0.3, -0.25) is 4.79 Å². The molecule has 94 valence electrons. The second kappa shape index (κ2) is 5.27. The minimum absolute atomic E-state index is 0.0915. The number of nitrogens with zero attached hydrogens (tertiary/aromatic N) is 1. The summed E-state index contributed by atoms with van der Waals surface area (Å²) in [6.45, 7) is 0.423. The van der Waals surface area contributed by atoms with Crippen molar-refractivity contribution in [1.82, 2.24) is 4.57 Å². The van der Waals surface area contributed by atoms with Crippen LogP contribution in [0.25, 0.3) is 0 Å². The average molecular weight is 309 g/mol. The van der Waals surface area contributed by atoms with E-state index < -0.39 is 0 Å². The molecule has 1 aromatic carbocycles. The van der Waals surface area contributed by atoms with Crippen molar-refractivity contribution in [3.8, 4) is 5.75 Å². The van der Waals surface area contributed by atoms with Crippen molar-refractivity contribution in [2.45, 2.75) is 6.54 Å². The minimum atomic E-state index is -0.0915. The van der Waals surface area contributed by atoms with Gasteiger partial charge in [-0.15, -0.1) is 0 Å². The number of rotatable bonds is 3. The Kier molecular flexibility index (Phi) is 3.72. The first-order valence-electron chi connectivity index (χ1n) is 5.38. The van der Waals surface area contributed by atoms with E-state index in [4.69, 9.17) is 10.5 Å². The van der Waals surface area contributed by atoms with Gasteiger partial charge in [-0.25, -0.2) is 0 Å². The van der Waals surface area contributed by atoms with E-state index in [1.54, 1.807) is 23.9 Å². The molecule has 2 rings (SSSR count). The molecule has 2 N–H and O–H groups in total. The lowest BCUT2D eigenvalue weighted by molar-refractivity contribution is 0.408. The van der Waals surface area contributed by atoms with Gasteiger partial charge in [0.15, 0.2) is 0 Å². The van der Waals surface area contributed by atoms with Gasteiger partial charge in [0.25, 0.3) is 5.56 Å². The molecular weight excluding hydrogens is 296 g/mol. The molecule has 0 bridgehead atoms. The minimum Gasteiger partial charge on any atom is -0.496 e. The molecule has 4 nitrogen and oxygen atoms in total. The Morgan fingerprint density at radius 1 is 1.33 bits per heavy atom. The number of halogens is 1. The van der Waals surface area contributed by atoms with Crippen LogP contribution in [0.3, 0.4) is 0 Å². The van der Waals surface area contributed by atoms with Crippen LogP contribution >= 0.6 is 15.9 Å². The van der Waals surface area contributed by atoms with Crippen LogP contribution in [0.15, 0.2) is 45.8 Å². The smallest absolute Gasteiger partial charge is 0.250 e. The standard InChI is InChI=1S/C13H13BrN2O2/c1-18-12-4-2-10(14)6-9(12)7-16-8-11(15)3-5-13(16)17/h2-6,8H,7,15H2,1H3. The van der Waals surface area contributed by atoms with Gasteiger partial charge in [0.1, 0.15) is 5.75 Å². The third kappa shape index (κ3) is 2.73. The number of anilines is 1. The first-order chi connectivity index (χ1) is 8.60. The zero-order chi connectivity index (χ0) is 13.1. The summed E-state index contributed by atoms with van der Waals surface area (Å²) in [4.78, 5) is 11.7. The normalized spacial score (nSPS) is 10.3. The summed E-state index contributed by atoms with van der Waals surface area (Å²) >= 11 is 3.40. The number of nitrogen functional groups attached to an aromatic ring is 1. The predicted octanol–water partition coefficient (Wildman–Crippen LogP) is 2.25. The van der Waals surface area contributed by atoms with E-state index >= 15 is 0 Å². The fourth-order valence-corrected chi connectivity index (χ4v) is 2.14. The number of nitrogens with two attached hydrogens (primary N) is 1. The summed E-state index contributed by atoms with van der Waals surface area (Å²) in [6.07, 6.45) is 1.63. The Bertz CT molecular complexity index is 623. The lowest BCUT2D eigenvalue weighted by Crippen LogP contribution is -2.19. The zero-order valence-electron chi connectivity index (χ0n) is 9.89. The zero-order valence-corrected chi connectivity index (χ0v) is 11.5. The van der Waals surface area contributed by atoms with Crippen LogP contribution in [-0.2, 0) is 6.54 Å². The number of hydrogen-bond donors (Lipinski definition) is 1. The van der Waals surface area contributed by atoms with Crippen molar-refractivity contribution in [1.29, 1.82) is 0 Å². The van der Waals surface area contributed by atoms with Gasteiger partial charge in [0.05, 0.1) is 13.7 Å². The van der Waals surface area contributed by atoms with Crippen molar-refractivity contribution < 1.29 is 4.74 Å². The number of benzene rings is 1. The quantitative estimate of drug-likeness (QED) is 0.946. The molecule has 0 fully saturated rings. The van der Waals surface area contributed by atoms with Crippen molar-refractivity contribution >= 4 is 21.6 Å². The van der Waals surface area contributed by atoms with E-state index in [2.05, 4.69) is 15.9 Å². The van der Waals surface area contributed by atoms with Gasteiger partial charge in [-0.1, -0.05) is 15.9 Å². The summed E-state index contributed by atoms with van der Waals surface area (Å²) in [5.41, 5.74) is 7.07. The van der Waals surface area contributed by atoms with Crippen molar-refractivity contribution in [3.63, 3.8) is 0 Å². The van der Waals surface area contributed by atoms with Crippen LogP contribution in [0.4, 0.5) is 5.69 Å². The van der Waals surface area contributed by atoms with Crippen LogP contribution in [0.5, 0.6) is 5.75 Å².